The average Bonchev–Trinajstić information content (AvgIpc) is 3.17. The summed E-state index contributed by atoms with van der Waals surface area (Å²) in [4.78, 5) is 40.7. The first-order chi connectivity index (χ1) is 15.3. The van der Waals surface area contributed by atoms with Crippen LogP contribution in [0.1, 0.15) is 30.5 Å². The fourth-order valence-corrected chi connectivity index (χ4v) is 5.70. The molecule has 32 heavy (non-hydrogen) atoms. The molecule has 2 aromatic carbocycles. The van der Waals surface area contributed by atoms with Crippen LogP contribution in [0, 0.1) is 0 Å². The number of ether oxygens (including phenoxy) is 3. The van der Waals surface area contributed by atoms with E-state index >= 15 is 0 Å². The molecule has 1 aliphatic heterocycles. The van der Waals surface area contributed by atoms with Crippen LogP contribution in [0.2, 0.25) is 0 Å². The van der Waals surface area contributed by atoms with Crippen molar-refractivity contribution in [3.05, 3.63) is 82.4 Å². The highest BCUT2D eigenvalue weighted by atomic mass is 16.6. The third-order valence-electron chi connectivity index (χ3n) is 6.76. The van der Waals surface area contributed by atoms with E-state index < -0.39 is 34.3 Å². The second-order valence-corrected chi connectivity index (χ2v) is 8.62. The summed E-state index contributed by atoms with van der Waals surface area (Å²) in [6.45, 7) is 3.65. The number of hydrogen-bond donors (Lipinski definition) is 0. The number of fused-ring (bicyclic) bond motifs is 2. The number of methoxy groups -OCH3 is 2. The molecule has 1 fully saturated rings. The molecule has 0 bridgehead atoms. The molecule has 162 valence electrons. The molecule has 1 saturated heterocycles. The Bertz CT molecular complexity index is 1250. The topological polar surface area (TPSA) is 78.9 Å². The zero-order valence-corrected chi connectivity index (χ0v) is 18.2. The summed E-state index contributed by atoms with van der Waals surface area (Å²) in [6.07, 6.45) is 1.96. The average molecular weight is 430 g/mol. The zero-order chi connectivity index (χ0) is 22.9. The van der Waals surface area contributed by atoms with Crippen LogP contribution in [-0.4, -0.2) is 43.1 Å². The molecule has 0 radical (unpaired) electrons. The van der Waals surface area contributed by atoms with E-state index in [1.807, 2.05) is 74.5 Å². The maximum atomic E-state index is 14.1. The van der Waals surface area contributed by atoms with Gasteiger partial charge in [0.15, 0.2) is 0 Å². The van der Waals surface area contributed by atoms with Gasteiger partial charge < -0.3 is 14.2 Å². The standard InChI is InChI=1S/C26H22O6/c1-24(2)18-14-15-10-8-9-13-17(15)20-19(22(28)30-3)21(27)26(32-24,23(29)31-4)25(18,20)16-11-6-5-7-12-16/h5-14H,1-4H3/t25-,26-/m1/s1. The Morgan fingerprint density at radius 3 is 2.22 bits per heavy atom. The Hall–Kier alpha value is -3.51. The van der Waals surface area contributed by atoms with Crippen molar-refractivity contribution in [2.24, 2.45) is 0 Å². The molecular formula is C26H22O6. The number of hydrogen-bond acceptors (Lipinski definition) is 6. The minimum atomic E-state index is -2.09. The lowest BCUT2D eigenvalue weighted by atomic mass is 9.57. The molecule has 3 aliphatic rings. The zero-order valence-electron chi connectivity index (χ0n) is 18.2. The van der Waals surface area contributed by atoms with Gasteiger partial charge in [0.2, 0.25) is 11.4 Å². The van der Waals surface area contributed by atoms with E-state index in [0.29, 0.717) is 22.3 Å². The van der Waals surface area contributed by atoms with E-state index in [2.05, 4.69) is 0 Å². The molecule has 0 amide bonds. The summed E-state index contributed by atoms with van der Waals surface area (Å²) in [6, 6.07) is 16.7. The fraction of sp³-hybridized carbons (Fsp3) is 0.269. The molecule has 0 saturated carbocycles. The third kappa shape index (κ3) is 2.10. The van der Waals surface area contributed by atoms with Crippen molar-refractivity contribution in [1.29, 1.82) is 0 Å². The van der Waals surface area contributed by atoms with Crippen molar-refractivity contribution in [1.82, 2.24) is 0 Å². The van der Waals surface area contributed by atoms with E-state index in [1.165, 1.54) is 14.2 Å². The Morgan fingerprint density at radius 1 is 0.906 bits per heavy atom. The SMILES string of the molecule is COC(=O)C1=C2c3ccccc3C=C3C(C)(C)O[C@@](C(=O)OC)(C1=O)[C@]32c1ccccc1. The summed E-state index contributed by atoms with van der Waals surface area (Å²) >= 11 is 0. The minimum Gasteiger partial charge on any atom is -0.466 e. The van der Waals surface area contributed by atoms with Crippen molar-refractivity contribution in [2.75, 3.05) is 14.2 Å². The molecule has 1 heterocycles. The molecule has 0 aromatic heterocycles. The molecule has 2 aromatic rings. The van der Waals surface area contributed by atoms with Gasteiger partial charge in [0.25, 0.3) is 0 Å². The normalized spacial score (nSPS) is 26.9. The lowest BCUT2D eigenvalue weighted by molar-refractivity contribution is -0.180. The molecule has 0 N–H and O–H groups in total. The molecule has 6 nitrogen and oxygen atoms in total. The first-order valence-electron chi connectivity index (χ1n) is 10.3. The predicted molar refractivity (Wildman–Crippen MR) is 116 cm³/mol. The molecule has 5 rings (SSSR count). The highest BCUT2D eigenvalue weighted by Gasteiger charge is 2.80. The monoisotopic (exact) mass is 430 g/mol. The summed E-state index contributed by atoms with van der Waals surface area (Å²) in [5.41, 5.74) is -1.34. The van der Waals surface area contributed by atoms with Crippen molar-refractivity contribution < 1.29 is 28.6 Å². The van der Waals surface area contributed by atoms with Gasteiger partial charge in [-0.2, -0.15) is 0 Å². The van der Waals surface area contributed by atoms with Crippen molar-refractivity contribution in [3.63, 3.8) is 0 Å². The minimum absolute atomic E-state index is 0.185. The summed E-state index contributed by atoms with van der Waals surface area (Å²) in [7, 11) is 2.43. The number of carbonyl (C=O) groups is 3. The number of carbonyl (C=O) groups excluding carboxylic acids is 3. The van der Waals surface area contributed by atoms with Gasteiger partial charge in [0.05, 0.1) is 25.2 Å². The first kappa shape index (κ1) is 20.4. The van der Waals surface area contributed by atoms with Gasteiger partial charge >= 0.3 is 11.9 Å². The molecule has 2 atom stereocenters. The van der Waals surface area contributed by atoms with Crippen LogP contribution in [0.3, 0.4) is 0 Å². The largest absolute Gasteiger partial charge is 0.466 e. The quantitative estimate of drug-likeness (QED) is 0.423. The van der Waals surface area contributed by atoms with E-state index in [4.69, 9.17) is 14.2 Å². The summed E-state index contributed by atoms with van der Waals surface area (Å²) in [5.74, 6) is -2.41. The number of rotatable bonds is 3. The fourth-order valence-electron chi connectivity index (χ4n) is 5.70. The van der Waals surface area contributed by atoms with E-state index in [0.717, 1.165) is 5.56 Å². The second-order valence-electron chi connectivity index (χ2n) is 8.62. The maximum absolute atomic E-state index is 14.1. The Morgan fingerprint density at radius 2 is 1.56 bits per heavy atom. The number of esters is 2. The van der Waals surface area contributed by atoms with Crippen LogP contribution in [0.5, 0.6) is 0 Å². The second kappa shape index (κ2) is 6.50. The van der Waals surface area contributed by atoms with E-state index in [-0.39, 0.29) is 5.57 Å². The number of ketones is 1. The van der Waals surface area contributed by atoms with Crippen LogP contribution >= 0.6 is 0 Å². The lowest BCUT2D eigenvalue weighted by Crippen LogP contribution is -2.58. The van der Waals surface area contributed by atoms with Gasteiger partial charge in [-0.15, -0.1) is 0 Å². The summed E-state index contributed by atoms with van der Waals surface area (Å²) < 4.78 is 16.6. The van der Waals surface area contributed by atoms with Crippen LogP contribution in [0.25, 0.3) is 11.6 Å². The Kier molecular flexibility index (Phi) is 4.14. The van der Waals surface area contributed by atoms with Crippen LogP contribution in [-0.2, 0) is 34.0 Å². The van der Waals surface area contributed by atoms with Crippen molar-refractivity contribution in [3.8, 4) is 0 Å². The molecule has 6 heteroatoms. The number of Topliss-reactive ketones (excluding diaryl/α,β-unsaturated/α-hetero) is 1. The molecule has 0 unspecified atom stereocenters. The van der Waals surface area contributed by atoms with Gasteiger partial charge in [-0.05, 0) is 41.7 Å². The van der Waals surface area contributed by atoms with Crippen molar-refractivity contribution >= 4 is 29.4 Å². The summed E-state index contributed by atoms with van der Waals surface area (Å²) in [5, 5.41) is 0. The lowest BCUT2D eigenvalue weighted by Gasteiger charge is -2.41. The highest BCUT2D eigenvalue weighted by molar-refractivity contribution is 6.38. The molecule has 2 aliphatic carbocycles. The van der Waals surface area contributed by atoms with Crippen molar-refractivity contribution in [2.45, 2.75) is 30.5 Å². The van der Waals surface area contributed by atoms with Crippen LogP contribution in [0.15, 0.2) is 65.7 Å². The van der Waals surface area contributed by atoms with Gasteiger partial charge in [0, 0.05) is 0 Å². The molecule has 0 spiro atoms. The highest BCUT2D eigenvalue weighted by Crippen LogP contribution is 2.69. The van der Waals surface area contributed by atoms with Crippen LogP contribution < -0.4 is 0 Å². The first-order valence-corrected chi connectivity index (χ1v) is 10.3. The smallest absolute Gasteiger partial charge is 0.348 e. The van der Waals surface area contributed by atoms with Gasteiger partial charge in [-0.3, -0.25) is 4.79 Å². The van der Waals surface area contributed by atoms with Gasteiger partial charge in [-0.25, -0.2) is 9.59 Å². The third-order valence-corrected chi connectivity index (χ3v) is 6.76. The Balaban J connectivity index is 2.06. The van der Waals surface area contributed by atoms with E-state index in [9.17, 15) is 14.4 Å². The van der Waals surface area contributed by atoms with E-state index in [1.54, 1.807) is 0 Å². The molecular weight excluding hydrogens is 408 g/mol. The Labute approximate surface area is 185 Å². The van der Waals surface area contributed by atoms with Gasteiger partial charge in [-0.1, -0.05) is 60.7 Å². The predicted octanol–water partition coefficient (Wildman–Crippen LogP) is 3.25. The van der Waals surface area contributed by atoms with Crippen LogP contribution in [0.4, 0.5) is 0 Å². The van der Waals surface area contributed by atoms with Gasteiger partial charge in [0.1, 0.15) is 5.57 Å². The maximum Gasteiger partial charge on any atom is 0.348 e. The number of benzene rings is 2.